The number of benzene rings is 2. The van der Waals surface area contributed by atoms with Crippen LogP contribution in [0.3, 0.4) is 0 Å². The SMILES string of the molecule is COc1ccc(-c2n[nH]c3ccc(N)cc23)cc1OC. The second-order valence-electron chi connectivity index (χ2n) is 4.45. The minimum Gasteiger partial charge on any atom is -0.493 e. The monoisotopic (exact) mass is 269 g/mol. The molecule has 0 unspecified atom stereocenters. The molecule has 0 aliphatic carbocycles. The molecule has 3 N–H and O–H groups in total. The Bertz CT molecular complexity index is 765. The highest BCUT2D eigenvalue weighted by atomic mass is 16.5. The summed E-state index contributed by atoms with van der Waals surface area (Å²) >= 11 is 0. The van der Waals surface area contributed by atoms with E-state index >= 15 is 0 Å². The molecule has 0 aliphatic rings. The lowest BCUT2D eigenvalue weighted by Gasteiger charge is -2.08. The first-order chi connectivity index (χ1) is 9.72. The molecule has 2 aromatic carbocycles. The molecule has 1 heterocycles. The van der Waals surface area contributed by atoms with Crippen molar-refractivity contribution in [3.05, 3.63) is 36.4 Å². The lowest BCUT2D eigenvalue weighted by molar-refractivity contribution is 0.355. The van der Waals surface area contributed by atoms with Gasteiger partial charge in [-0.25, -0.2) is 0 Å². The molecular formula is C15H15N3O2. The van der Waals surface area contributed by atoms with E-state index in [1.54, 1.807) is 14.2 Å². The number of rotatable bonds is 3. The van der Waals surface area contributed by atoms with Crippen molar-refractivity contribution in [3.63, 3.8) is 0 Å². The van der Waals surface area contributed by atoms with E-state index in [9.17, 15) is 0 Å². The number of anilines is 1. The van der Waals surface area contributed by atoms with E-state index in [1.807, 2.05) is 36.4 Å². The van der Waals surface area contributed by atoms with Crippen LogP contribution < -0.4 is 15.2 Å². The zero-order chi connectivity index (χ0) is 14.1. The quantitative estimate of drug-likeness (QED) is 0.717. The van der Waals surface area contributed by atoms with Crippen LogP contribution in [-0.2, 0) is 0 Å². The van der Waals surface area contributed by atoms with Crippen molar-refractivity contribution < 1.29 is 9.47 Å². The second kappa shape index (κ2) is 4.77. The van der Waals surface area contributed by atoms with Gasteiger partial charge in [-0.2, -0.15) is 5.10 Å². The molecule has 0 spiro atoms. The van der Waals surface area contributed by atoms with E-state index in [2.05, 4.69) is 10.2 Å². The van der Waals surface area contributed by atoms with Crippen molar-refractivity contribution in [3.8, 4) is 22.8 Å². The number of nitrogens with one attached hydrogen (secondary N) is 1. The zero-order valence-corrected chi connectivity index (χ0v) is 11.3. The van der Waals surface area contributed by atoms with Crippen LogP contribution in [0.2, 0.25) is 0 Å². The highest BCUT2D eigenvalue weighted by Crippen LogP contribution is 2.34. The molecule has 102 valence electrons. The molecule has 0 atom stereocenters. The Morgan fingerprint density at radius 3 is 2.55 bits per heavy atom. The number of H-pyrrole nitrogens is 1. The fraction of sp³-hybridized carbons (Fsp3) is 0.133. The van der Waals surface area contributed by atoms with E-state index in [-0.39, 0.29) is 0 Å². The van der Waals surface area contributed by atoms with Crippen molar-refractivity contribution >= 4 is 16.6 Å². The van der Waals surface area contributed by atoms with Gasteiger partial charge >= 0.3 is 0 Å². The molecule has 0 fully saturated rings. The summed E-state index contributed by atoms with van der Waals surface area (Å²) in [6.07, 6.45) is 0. The van der Waals surface area contributed by atoms with Gasteiger partial charge in [0.1, 0.15) is 5.69 Å². The van der Waals surface area contributed by atoms with Gasteiger partial charge in [0.2, 0.25) is 0 Å². The largest absolute Gasteiger partial charge is 0.493 e. The minimum atomic E-state index is 0.671. The van der Waals surface area contributed by atoms with Crippen molar-refractivity contribution in [2.45, 2.75) is 0 Å². The molecular weight excluding hydrogens is 254 g/mol. The number of nitrogen functional groups attached to an aromatic ring is 1. The molecule has 0 bridgehead atoms. The Balaban J connectivity index is 2.18. The number of hydrogen-bond donors (Lipinski definition) is 2. The fourth-order valence-electron chi connectivity index (χ4n) is 2.24. The van der Waals surface area contributed by atoms with E-state index in [4.69, 9.17) is 15.2 Å². The lowest BCUT2D eigenvalue weighted by Crippen LogP contribution is -1.91. The third-order valence-corrected chi connectivity index (χ3v) is 3.24. The maximum absolute atomic E-state index is 5.85. The maximum Gasteiger partial charge on any atom is 0.161 e. The molecule has 3 rings (SSSR count). The van der Waals surface area contributed by atoms with E-state index in [0.717, 1.165) is 22.2 Å². The van der Waals surface area contributed by atoms with Crippen LogP contribution in [0.4, 0.5) is 5.69 Å². The third-order valence-electron chi connectivity index (χ3n) is 3.24. The zero-order valence-electron chi connectivity index (χ0n) is 11.3. The molecule has 5 heteroatoms. The first-order valence-corrected chi connectivity index (χ1v) is 6.19. The Morgan fingerprint density at radius 2 is 1.80 bits per heavy atom. The smallest absolute Gasteiger partial charge is 0.161 e. The van der Waals surface area contributed by atoms with E-state index in [0.29, 0.717) is 17.2 Å². The van der Waals surface area contributed by atoms with Gasteiger partial charge in [0.25, 0.3) is 0 Å². The van der Waals surface area contributed by atoms with Gasteiger partial charge < -0.3 is 15.2 Å². The Hall–Kier alpha value is -2.69. The van der Waals surface area contributed by atoms with Crippen LogP contribution >= 0.6 is 0 Å². The molecule has 0 saturated heterocycles. The molecule has 0 saturated carbocycles. The van der Waals surface area contributed by atoms with Gasteiger partial charge in [0, 0.05) is 16.6 Å². The van der Waals surface area contributed by atoms with Gasteiger partial charge in [-0.15, -0.1) is 0 Å². The highest BCUT2D eigenvalue weighted by Gasteiger charge is 2.11. The van der Waals surface area contributed by atoms with Crippen molar-refractivity contribution in [2.24, 2.45) is 0 Å². The summed E-state index contributed by atoms with van der Waals surface area (Å²) in [5, 5.41) is 8.35. The molecule has 20 heavy (non-hydrogen) atoms. The summed E-state index contributed by atoms with van der Waals surface area (Å²) in [6, 6.07) is 11.4. The summed E-state index contributed by atoms with van der Waals surface area (Å²) in [5.41, 5.74) is 9.29. The van der Waals surface area contributed by atoms with Crippen molar-refractivity contribution in [2.75, 3.05) is 20.0 Å². The summed E-state index contributed by atoms with van der Waals surface area (Å²) in [4.78, 5) is 0. The number of hydrogen-bond acceptors (Lipinski definition) is 4. The van der Waals surface area contributed by atoms with Gasteiger partial charge in [-0.05, 0) is 36.4 Å². The maximum atomic E-state index is 5.85. The van der Waals surface area contributed by atoms with Crippen molar-refractivity contribution in [1.29, 1.82) is 0 Å². The standard InChI is InChI=1S/C15H15N3O2/c1-19-13-6-3-9(7-14(13)20-2)15-11-8-10(16)4-5-12(11)17-18-15/h3-8H,16H2,1-2H3,(H,17,18). The highest BCUT2D eigenvalue weighted by molar-refractivity contribution is 5.95. The Labute approximate surface area is 116 Å². The van der Waals surface area contributed by atoms with Gasteiger partial charge in [0.05, 0.1) is 19.7 Å². The number of aromatic nitrogens is 2. The van der Waals surface area contributed by atoms with Crippen LogP contribution in [0.25, 0.3) is 22.2 Å². The normalized spacial score (nSPS) is 10.7. The van der Waals surface area contributed by atoms with Crippen LogP contribution in [0.15, 0.2) is 36.4 Å². The lowest BCUT2D eigenvalue weighted by atomic mass is 10.1. The average molecular weight is 269 g/mol. The van der Waals surface area contributed by atoms with Crippen LogP contribution in [-0.4, -0.2) is 24.4 Å². The number of fused-ring (bicyclic) bond motifs is 1. The van der Waals surface area contributed by atoms with Gasteiger partial charge in [-0.3, -0.25) is 5.10 Å². The number of aromatic amines is 1. The molecule has 3 aromatic rings. The molecule has 5 nitrogen and oxygen atoms in total. The predicted molar refractivity (Wildman–Crippen MR) is 79.0 cm³/mol. The van der Waals surface area contributed by atoms with Crippen LogP contribution in [0, 0.1) is 0 Å². The molecule has 0 radical (unpaired) electrons. The third kappa shape index (κ3) is 1.93. The number of methoxy groups -OCH3 is 2. The fourth-order valence-corrected chi connectivity index (χ4v) is 2.24. The number of ether oxygens (including phenoxy) is 2. The van der Waals surface area contributed by atoms with Gasteiger partial charge in [0.15, 0.2) is 11.5 Å². The van der Waals surface area contributed by atoms with E-state index in [1.165, 1.54) is 0 Å². The first kappa shape index (κ1) is 12.3. The topological polar surface area (TPSA) is 73.2 Å². The summed E-state index contributed by atoms with van der Waals surface area (Å²) in [6.45, 7) is 0. The first-order valence-electron chi connectivity index (χ1n) is 6.19. The Kier molecular flexibility index (Phi) is 2.95. The van der Waals surface area contributed by atoms with Crippen molar-refractivity contribution in [1.82, 2.24) is 10.2 Å². The number of nitrogens with zero attached hydrogens (tertiary/aromatic N) is 1. The molecule has 1 aromatic heterocycles. The predicted octanol–water partition coefficient (Wildman–Crippen LogP) is 2.83. The molecule has 0 amide bonds. The molecule has 0 aliphatic heterocycles. The van der Waals surface area contributed by atoms with E-state index < -0.39 is 0 Å². The summed E-state index contributed by atoms with van der Waals surface area (Å²) in [5.74, 6) is 1.36. The summed E-state index contributed by atoms with van der Waals surface area (Å²) in [7, 11) is 3.23. The Morgan fingerprint density at radius 1 is 1.00 bits per heavy atom. The average Bonchev–Trinajstić information content (AvgIpc) is 2.89. The van der Waals surface area contributed by atoms with Crippen LogP contribution in [0.1, 0.15) is 0 Å². The second-order valence-corrected chi connectivity index (χ2v) is 4.45. The van der Waals surface area contributed by atoms with Gasteiger partial charge in [-0.1, -0.05) is 0 Å². The minimum absolute atomic E-state index is 0.671. The number of nitrogens with two attached hydrogens (primary N) is 1. The van der Waals surface area contributed by atoms with Crippen LogP contribution in [0.5, 0.6) is 11.5 Å². The summed E-state index contributed by atoms with van der Waals surface area (Å²) < 4.78 is 10.6.